The standard InChI is InChI=1S/C18H22N4O3/c1-10-6-13(7-11(2)18(10)20-12(3)23)21-22-15-9-16(24-4)14(19)8-17(15)25-5/h6-9H,19H2,1-5H3,(H,20,23)/b22-21+. The molecule has 0 spiro atoms. The van der Waals surface area contributed by atoms with E-state index in [4.69, 9.17) is 15.2 Å². The Morgan fingerprint density at radius 3 is 2.12 bits per heavy atom. The lowest BCUT2D eigenvalue weighted by Gasteiger charge is -2.11. The quantitative estimate of drug-likeness (QED) is 0.626. The number of nitrogens with zero attached hydrogens (tertiary/aromatic N) is 2. The molecule has 0 saturated heterocycles. The summed E-state index contributed by atoms with van der Waals surface area (Å²) in [6, 6.07) is 7.01. The van der Waals surface area contributed by atoms with Crippen LogP contribution in [0.1, 0.15) is 18.1 Å². The van der Waals surface area contributed by atoms with Crippen molar-refractivity contribution in [2.45, 2.75) is 20.8 Å². The van der Waals surface area contributed by atoms with E-state index in [1.165, 1.54) is 21.1 Å². The molecule has 3 N–H and O–H groups in total. The number of aryl methyl sites for hydroxylation is 2. The minimum atomic E-state index is -0.112. The van der Waals surface area contributed by atoms with Crippen LogP contribution in [0.15, 0.2) is 34.5 Å². The highest BCUT2D eigenvalue weighted by Crippen LogP contribution is 2.37. The average Bonchev–Trinajstić information content (AvgIpc) is 2.56. The molecule has 0 atom stereocenters. The average molecular weight is 342 g/mol. The van der Waals surface area contributed by atoms with Crippen LogP contribution in [0, 0.1) is 13.8 Å². The van der Waals surface area contributed by atoms with Crippen molar-refractivity contribution in [3.63, 3.8) is 0 Å². The van der Waals surface area contributed by atoms with Crippen molar-refractivity contribution in [3.8, 4) is 11.5 Å². The van der Waals surface area contributed by atoms with E-state index >= 15 is 0 Å². The molecule has 2 aromatic rings. The second-order valence-electron chi connectivity index (χ2n) is 5.60. The predicted octanol–water partition coefficient (Wildman–Crippen LogP) is 4.28. The van der Waals surface area contributed by atoms with E-state index in [9.17, 15) is 4.79 Å². The van der Waals surface area contributed by atoms with Crippen molar-refractivity contribution in [3.05, 3.63) is 35.4 Å². The number of amides is 1. The molecular weight excluding hydrogens is 320 g/mol. The molecule has 7 heteroatoms. The molecule has 0 aliphatic heterocycles. The van der Waals surface area contributed by atoms with Gasteiger partial charge in [-0.15, -0.1) is 5.11 Å². The van der Waals surface area contributed by atoms with Crippen LogP contribution < -0.4 is 20.5 Å². The van der Waals surface area contributed by atoms with Crippen molar-refractivity contribution in [1.82, 2.24) is 0 Å². The first kappa shape index (κ1) is 18.3. The van der Waals surface area contributed by atoms with E-state index in [2.05, 4.69) is 15.5 Å². The normalized spacial score (nSPS) is 10.8. The number of rotatable bonds is 5. The summed E-state index contributed by atoms with van der Waals surface area (Å²) in [6.45, 7) is 5.29. The number of ether oxygens (including phenoxy) is 2. The number of carbonyl (C=O) groups excluding carboxylic acids is 1. The van der Waals surface area contributed by atoms with Gasteiger partial charge in [-0.2, -0.15) is 5.11 Å². The van der Waals surface area contributed by atoms with Crippen LogP contribution in [-0.2, 0) is 4.79 Å². The maximum absolute atomic E-state index is 11.3. The third-order valence-electron chi connectivity index (χ3n) is 3.62. The Hall–Kier alpha value is -3.09. The molecule has 2 rings (SSSR count). The van der Waals surface area contributed by atoms with Crippen molar-refractivity contribution in [2.24, 2.45) is 10.2 Å². The van der Waals surface area contributed by atoms with Gasteiger partial charge in [0.2, 0.25) is 5.91 Å². The first-order valence-electron chi connectivity index (χ1n) is 7.67. The summed E-state index contributed by atoms with van der Waals surface area (Å²) in [5, 5.41) is 11.3. The lowest BCUT2D eigenvalue weighted by atomic mass is 10.1. The minimum absolute atomic E-state index is 0.112. The summed E-state index contributed by atoms with van der Waals surface area (Å²) in [7, 11) is 3.07. The van der Waals surface area contributed by atoms with Gasteiger partial charge in [-0.3, -0.25) is 4.79 Å². The summed E-state index contributed by atoms with van der Waals surface area (Å²) >= 11 is 0. The summed E-state index contributed by atoms with van der Waals surface area (Å²) in [5.74, 6) is 0.896. The number of hydrogen-bond acceptors (Lipinski definition) is 6. The first-order valence-corrected chi connectivity index (χ1v) is 7.67. The fourth-order valence-corrected chi connectivity index (χ4v) is 2.47. The number of nitrogens with two attached hydrogens (primary N) is 1. The van der Waals surface area contributed by atoms with E-state index < -0.39 is 0 Å². The van der Waals surface area contributed by atoms with Crippen LogP contribution in [-0.4, -0.2) is 20.1 Å². The second-order valence-corrected chi connectivity index (χ2v) is 5.60. The molecule has 7 nitrogen and oxygen atoms in total. The molecule has 2 aromatic carbocycles. The van der Waals surface area contributed by atoms with Gasteiger partial charge in [0, 0.05) is 24.7 Å². The fraction of sp³-hybridized carbons (Fsp3) is 0.278. The van der Waals surface area contributed by atoms with Crippen LogP contribution in [0.2, 0.25) is 0 Å². The van der Waals surface area contributed by atoms with Gasteiger partial charge in [-0.25, -0.2) is 0 Å². The molecule has 0 bridgehead atoms. The number of methoxy groups -OCH3 is 2. The van der Waals surface area contributed by atoms with Gasteiger partial charge in [0.15, 0.2) is 0 Å². The molecular formula is C18H22N4O3. The molecule has 0 radical (unpaired) electrons. The van der Waals surface area contributed by atoms with Gasteiger partial charge in [0.1, 0.15) is 17.2 Å². The lowest BCUT2D eigenvalue weighted by molar-refractivity contribution is -0.114. The molecule has 0 aromatic heterocycles. The Morgan fingerprint density at radius 1 is 1.00 bits per heavy atom. The zero-order chi connectivity index (χ0) is 18.6. The van der Waals surface area contributed by atoms with Crippen molar-refractivity contribution in [2.75, 3.05) is 25.3 Å². The van der Waals surface area contributed by atoms with Gasteiger partial charge in [0.05, 0.1) is 25.6 Å². The summed E-state index contributed by atoms with van der Waals surface area (Å²) in [5.41, 5.74) is 10.1. The molecule has 0 saturated carbocycles. The maximum Gasteiger partial charge on any atom is 0.221 e. The zero-order valence-electron chi connectivity index (χ0n) is 15.0. The maximum atomic E-state index is 11.3. The smallest absolute Gasteiger partial charge is 0.221 e. The zero-order valence-corrected chi connectivity index (χ0v) is 15.0. The molecule has 0 fully saturated rings. The Morgan fingerprint density at radius 2 is 1.60 bits per heavy atom. The topological polar surface area (TPSA) is 98.3 Å². The number of hydrogen-bond donors (Lipinski definition) is 2. The van der Waals surface area contributed by atoms with Crippen LogP contribution in [0.5, 0.6) is 11.5 Å². The molecule has 1 amide bonds. The predicted molar refractivity (Wildman–Crippen MR) is 98.4 cm³/mol. The minimum Gasteiger partial charge on any atom is -0.495 e. The molecule has 0 aliphatic carbocycles. The van der Waals surface area contributed by atoms with E-state index in [0.29, 0.717) is 28.6 Å². The van der Waals surface area contributed by atoms with Gasteiger partial charge in [-0.1, -0.05) is 0 Å². The molecule has 0 aliphatic rings. The third-order valence-corrected chi connectivity index (χ3v) is 3.62. The highest BCUT2D eigenvalue weighted by atomic mass is 16.5. The number of nitrogens with one attached hydrogen (secondary N) is 1. The highest BCUT2D eigenvalue weighted by molar-refractivity contribution is 5.90. The Balaban J connectivity index is 2.38. The van der Waals surface area contributed by atoms with Gasteiger partial charge >= 0.3 is 0 Å². The van der Waals surface area contributed by atoms with Crippen LogP contribution in [0.25, 0.3) is 0 Å². The van der Waals surface area contributed by atoms with Crippen LogP contribution in [0.4, 0.5) is 22.7 Å². The number of carbonyl (C=O) groups is 1. The molecule has 132 valence electrons. The SMILES string of the molecule is COc1cc(/N=N/c2cc(C)c(NC(C)=O)c(C)c2)c(OC)cc1N. The molecule has 25 heavy (non-hydrogen) atoms. The third kappa shape index (κ3) is 4.26. The first-order chi connectivity index (χ1) is 11.8. The Kier molecular flexibility index (Phi) is 5.59. The van der Waals surface area contributed by atoms with Crippen molar-refractivity contribution < 1.29 is 14.3 Å². The number of benzene rings is 2. The number of anilines is 2. The molecule has 0 unspecified atom stereocenters. The van der Waals surface area contributed by atoms with E-state index in [1.807, 2.05) is 26.0 Å². The van der Waals surface area contributed by atoms with E-state index in [1.54, 1.807) is 12.1 Å². The van der Waals surface area contributed by atoms with Gasteiger partial charge in [-0.05, 0) is 37.1 Å². The second kappa shape index (κ2) is 7.65. The summed E-state index contributed by atoms with van der Waals surface area (Å²) in [4.78, 5) is 11.3. The van der Waals surface area contributed by atoms with Crippen molar-refractivity contribution >= 4 is 28.7 Å². The summed E-state index contributed by atoms with van der Waals surface area (Å²) < 4.78 is 10.5. The molecule has 0 heterocycles. The fourth-order valence-electron chi connectivity index (χ4n) is 2.47. The Bertz CT molecular complexity index is 808. The largest absolute Gasteiger partial charge is 0.495 e. The monoisotopic (exact) mass is 342 g/mol. The van der Waals surface area contributed by atoms with Crippen LogP contribution in [0.3, 0.4) is 0 Å². The Labute approximate surface area is 146 Å². The van der Waals surface area contributed by atoms with Crippen LogP contribution >= 0.6 is 0 Å². The highest BCUT2D eigenvalue weighted by Gasteiger charge is 2.10. The van der Waals surface area contributed by atoms with E-state index in [-0.39, 0.29) is 5.91 Å². The number of nitrogen functional groups attached to an aromatic ring is 1. The lowest BCUT2D eigenvalue weighted by Crippen LogP contribution is -2.08. The number of azo groups is 1. The van der Waals surface area contributed by atoms with Gasteiger partial charge in [0.25, 0.3) is 0 Å². The van der Waals surface area contributed by atoms with Crippen molar-refractivity contribution in [1.29, 1.82) is 0 Å². The summed E-state index contributed by atoms with van der Waals surface area (Å²) in [6.07, 6.45) is 0. The van der Waals surface area contributed by atoms with E-state index in [0.717, 1.165) is 16.8 Å². The van der Waals surface area contributed by atoms with Gasteiger partial charge < -0.3 is 20.5 Å².